The molecule has 0 bridgehead atoms. The zero-order valence-electron chi connectivity index (χ0n) is 11.5. The molecule has 0 unspecified atom stereocenters. The van der Waals surface area contributed by atoms with Crippen molar-refractivity contribution in [2.75, 3.05) is 0 Å². The van der Waals surface area contributed by atoms with Gasteiger partial charge in [0.1, 0.15) is 6.54 Å². The van der Waals surface area contributed by atoms with Gasteiger partial charge >= 0.3 is 5.97 Å². The van der Waals surface area contributed by atoms with Crippen molar-refractivity contribution >= 4 is 22.6 Å². The summed E-state index contributed by atoms with van der Waals surface area (Å²) in [5.41, 5.74) is 2.28. The third-order valence-corrected chi connectivity index (χ3v) is 3.48. The minimum absolute atomic E-state index is 0.00430. The number of aromatic nitrogens is 1. The molecule has 0 fully saturated rings. The van der Waals surface area contributed by atoms with E-state index in [2.05, 4.69) is 0 Å². The fourth-order valence-corrected chi connectivity index (χ4v) is 2.51. The van der Waals surface area contributed by atoms with E-state index in [0.717, 1.165) is 22.2 Å². The molecule has 6 nitrogen and oxygen atoms in total. The molecule has 0 saturated heterocycles. The van der Waals surface area contributed by atoms with E-state index < -0.39 is 10.9 Å². The number of nitrogens with zero attached hydrogens (tertiary/aromatic N) is 2. The van der Waals surface area contributed by atoms with Crippen LogP contribution < -0.4 is 0 Å². The van der Waals surface area contributed by atoms with Gasteiger partial charge in [-0.2, -0.15) is 0 Å². The van der Waals surface area contributed by atoms with Gasteiger partial charge in [0.15, 0.2) is 0 Å². The van der Waals surface area contributed by atoms with Crippen molar-refractivity contribution in [3.63, 3.8) is 0 Å². The molecule has 110 valence electrons. The highest BCUT2D eigenvalue weighted by molar-refractivity contribution is 5.88. The Morgan fingerprint density at radius 2 is 1.82 bits per heavy atom. The lowest BCUT2D eigenvalue weighted by atomic mass is 10.1. The molecular weight excluding hydrogens is 284 g/mol. The molecule has 0 radical (unpaired) electrons. The first-order valence-corrected chi connectivity index (χ1v) is 6.61. The number of fused-ring (bicyclic) bond motifs is 1. The van der Waals surface area contributed by atoms with Crippen molar-refractivity contribution in [1.82, 2.24) is 4.57 Å². The van der Waals surface area contributed by atoms with Gasteiger partial charge in [0.25, 0.3) is 5.69 Å². The second kappa shape index (κ2) is 5.33. The van der Waals surface area contributed by atoms with E-state index in [-0.39, 0.29) is 12.2 Å². The van der Waals surface area contributed by atoms with Crippen LogP contribution in [0.2, 0.25) is 0 Å². The second-order valence-corrected chi connectivity index (χ2v) is 4.87. The van der Waals surface area contributed by atoms with Crippen LogP contribution in [0.25, 0.3) is 22.2 Å². The number of nitro groups is 1. The van der Waals surface area contributed by atoms with E-state index in [9.17, 15) is 14.9 Å². The van der Waals surface area contributed by atoms with Gasteiger partial charge in [0, 0.05) is 28.7 Å². The normalized spacial score (nSPS) is 10.7. The Morgan fingerprint density at radius 1 is 1.14 bits per heavy atom. The van der Waals surface area contributed by atoms with E-state index in [0.29, 0.717) is 0 Å². The van der Waals surface area contributed by atoms with Crippen LogP contribution in [0.5, 0.6) is 0 Å². The topological polar surface area (TPSA) is 85.4 Å². The van der Waals surface area contributed by atoms with E-state index in [1.165, 1.54) is 12.1 Å². The summed E-state index contributed by atoms with van der Waals surface area (Å²) in [6.45, 7) is -0.167. The highest BCUT2D eigenvalue weighted by Gasteiger charge is 2.14. The van der Waals surface area contributed by atoms with Crippen LogP contribution in [-0.4, -0.2) is 20.6 Å². The minimum Gasteiger partial charge on any atom is -0.480 e. The second-order valence-electron chi connectivity index (χ2n) is 4.87. The predicted molar refractivity (Wildman–Crippen MR) is 81.7 cm³/mol. The molecule has 0 saturated carbocycles. The number of benzene rings is 2. The molecule has 1 heterocycles. The van der Waals surface area contributed by atoms with Crippen LogP contribution in [0.4, 0.5) is 5.69 Å². The zero-order chi connectivity index (χ0) is 15.7. The first-order valence-electron chi connectivity index (χ1n) is 6.61. The highest BCUT2D eigenvalue weighted by atomic mass is 16.6. The van der Waals surface area contributed by atoms with Crippen LogP contribution >= 0.6 is 0 Å². The summed E-state index contributed by atoms with van der Waals surface area (Å²) in [6.07, 6.45) is 0. The number of carbonyl (C=O) groups is 1. The van der Waals surface area contributed by atoms with Gasteiger partial charge in [-0.25, -0.2) is 0 Å². The average Bonchev–Trinajstić information content (AvgIpc) is 2.86. The quantitative estimate of drug-likeness (QED) is 0.591. The van der Waals surface area contributed by atoms with Gasteiger partial charge < -0.3 is 9.67 Å². The van der Waals surface area contributed by atoms with Gasteiger partial charge in [0.2, 0.25) is 0 Å². The third kappa shape index (κ3) is 2.42. The molecule has 0 aliphatic rings. The summed E-state index contributed by atoms with van der Waals surface area (Å²) in [5, 5.41) is 20.8. The van der Waals surface area contributed by atoms with Gasteiger partial charge in [-0.15, -0.1) is 0 Å². The Labute approximate surface area is 125 Å². The highest BCUT2D eigenvalue weighted by Crippen LogP contribution is 2.29. The molecule has 0 atom stereocenters. The van der Waals surface area contributed by atoms with Crippen LogP contribution in [0.1, 0.15) is 0 Å². The molecule has 1 aromatic heterocycles. The monoisotopic (exact) mass is 296 g/mol. The fraction of sp³-hybridized carbons (Fsp3) is 0.0625. The van der Waals surface area contributed by atoms with Crippen LogP contribution in [0.15, 0.2) is 54.6 Å². The maximum absolute atomic E-state index is 11.1. The Bertz CT molecular complexity index is 865. The van der Waals surface area contributed by atoms with Crippen molar-refractivity contribution < 1.29 is 14.8 Å². The average molecular weight is 296 g/mol. The predicted octanol–water partition coefficient (Wildman–Crippen LogP) is 3.30. The first-order chi connectivity index (χ1) is 10.6. The number of nitro benzene ring substituents is 1. The summed E-state index contributed by atoms with van der Waals surface area (Å²) in [7, 11) is 0. The maximum atomic E-state index is 11.1. The SMILES string of the molecule is O=C(O)Cn1c(-c2ccc([N+](=O)[O-])cc2)cc2ccccc21. The number of para-hydroxylation sites is 1. The summed E-state index contributed by atoms with van der Waals surface area (Å²) >= 11 is 0. The Morgan fingerprint density at radius 3 is 2.45 bits per heavy atom. The smallest absolute Gasteiger partial charge is 0.323 e. The van der Waals surface area contributed by atoms with E-state index in [4.69, 9.17) is 5.11 Å². The van der Waals surface area contributed by atoms with Crippen molar-refractivity contribution in [2.24, 2.45) is 0 Å². The molecular formula is C16H12N2O4. The van der Waals surface area contributed by atoms with Crippen LogP contribution in [-0.2, 0) is 11.3 Å². The number of rotatable bonds is 4. The van der Waals surface area contributed by atoms with Gasteiger partial charge in [-0.05, 0) is 29.8 Å². The van der Waals surface area contributed by atoms with E-state index in [1.807, 2.05) is 30.3 Å². The van der Waals surface area contributed by atoms with E-state index in [1.54, 1.807) is 16.7 Å². The maximum Gasteiger partial charge on any atom is 0.323 e. The standard InChI is InChI=1S/C16H12N2O4/c19-16(20)10-17-14-4-2-1-3-12(14)9-15(17)11-5-7-13(8-6-11)18(21)22/h1-9H,10H2,(H,19,20). The van der Waals surface area contributed by atoms with Crippen molar-refractivity contribution in [3.8, 4) is 11.3 Å². The van der Waals surface area contributed by atoms with Crippen molar-refractivity contribution in [1.29, 1.82) is 0 Å². The number of carboxylic acids is 1. The molecule has 0 amide bonds. The molecule has 22 heavy (non-hydrogen) atoms. The number of hydrogen-bond acceptors (Lipinski definition) is 3. The lowest BCUT2D eigenvalue weighted by Gasteiger charge is -2.08. The molecule has 2 aromatic carbocycles. The van der Waals surface area contributed by atoms with Gasteiger partial charge in [0.05, 0.1) is 4.92 Å². The summed E-state index contributed by atoms with van der Waals surface area (Å²) in [5.74, 6) is -0.940. The lowest BCUT2D eigenvalue weighted by molar-refractivity contribution is -0.384. The molecule has 0 aliphatic heterocycles. The third-order valence-electron chi connectivity index (χ3n) is 3.48. The van der Waals surface area contributed by atoms with Gasteiger partial charge in [-0.1, -0.05) is 18.2 Å². The zero-order valence-corrected chi connectivity index (χ0v) is 11.5. The lowest BCUT2D eigenvalue weighted by Crippen LogP contribution is -2.09. The van der Waals surface area contributed by atoms with E-state index >= 15 is 0 Å². The summed E-state index contributed by atoms with van der Waals surface area (Å²) in [6, 6.07) is 15.5. The molecule has 0 spiro atoms. The van der Waals surface area contributed by atoms with Crippen molar-refractivity contribution in [3.05, 3.63) is 64.7 Å². The largest absolute Gasteiger partial charge is 0.480 e. The molecule has 3 rings (SSSR count). The number of non-ortho nitro benzene ring substituents is 1. The molecule has 6 heteroatoms. The van der Waals surface area contributed by atoms with Crippen LogP contribution in [0, 0.1) is 10.1 Å². The van der Waals surface area contributed by atoms with Gasteiger partial charge in [-0.3, -0.25) is 14.9 Å². The Balaban J connectivity index is 2.16. The minimum atomic E-state index is -0.940. The fourth-order valence-electron chi connectivity index (χ4n) is 2.51. The number of aliphatic carboxylic acids is 1. The first kappa shape index (κ1) is 13.8. The number of carboxylic acid groups (broad SMARTS) is 1. The van der Waals surface area contributed by atoms with Crippen molar-refractivity contribution in [2.45, 2.75) is 6.54 Å². The van der Waals surface area contributed by atoms with Crippen LogP contribution in [0.3, 0.4) is 0 Å². The molecule has 0 aliphatic carbocycles. The Hall–Kier alpha value is -3.15. The summed E-state index contributed by atoms with van der Waals surface area (Å²) in [4.78, 5) is 21.4. The molecule has 3 aromatic rings. The summed E-state index contributed by atoms with van der Waals surface area (Å²) < 4.78 is 1.69. The number of hydrogen-bond donors (Lipinski definition) is 1. The Kier molecular flexibility index (Phi) is 3.34. The molecule has 1 N–H and O–H groups in total.